The van der Waals surface area contributed by atoms with Crippen LogP contribution in [-0.2, 0) is 35.9 Å². The first kappa shape index (κ1) is 29.1. The predicted molar refractivity (Wildman–Crippen MR) is 153 cm³/mol. The first-order valence-corrected chi connectivity index (χ1v) is 13.5. The number of esters is 1. The van der Waals surface area contributed by atoms with Crippen LogP contribution in [0.1, 0.15) is 52.7 Å². The van der Waals surface area contributed by atoms with E-state index in [1.807, 2.05) is 50.2 Å². The molecular formula is C30H34N2O7S. The van der Waals surface area contributed by atoms with Crippen molar-refractivity contribution < 1.29 is 33.3 Å². The molecule has 10 heteroatoms. The average molecular weight is 567 g/mol. The van der Waals surface area contributed by atoms with Gasteiger partial charge in [0.1, 0.15) is 12.2 Å². The maximum atomic E-state index is 13.5. The van der Waals surface area contributed by atoms with E-state index in [0.29, 0.717) is 11.1 Å². The molecule has 0 spiro atoms. The van der Waals surface area contributed by atoms with Crippen LogP contribution in [0.25, 0.3) is 10.9 Å². The minimum Gasteiger partial charge on any atom is -0.464 e. The van der Waals surface area contributed by atoms with E-state index < -0.39 is 35.4 Å². The molecule has 1 saturated heterocycles. The minimum atomic E-state index is -1.42. The Morgan fingerprint density at radius 3 is 2.35 bits per heavy atom. The highest BCUT2D eigenvalue weighted by Gasteiger charge is 2.62. The van der Waals surface area contributed by atoms with Gasteiger partial charge in [0.25, 0.3) is 5.17 Å². The van der Waals surface area contributed by atoms with Crippen molar-refractivity contribution in [3.63, 3.8) is 0 Å². The summed E-state index contributed by atoms with van der Waals surface area (Å²) in [6.07, 6.45) is 0.252. The minimum absolute atomic E-state index is 0.0155. The molecule has 0 saturated carbocycles. The van der Waals surface area contributed by atoms with Gasteiger partial charge in [0.2, 0.25) is 0 Å². The van der Waals surface area contributed by atoms with E-state index in [1.165, 1.54) is 4.57 Å². The van der Waals surface area contributed by atoms with Gasteiger partial charge in [-0.25, -0.2) is 19.3 Å². The van der Waals surface area contributed by atoms with Crippen LogP contribution in [0.2, 0.25) is 0 Å². The largest absolute Gasteiger partial charge is 0.464 e. The lowest BCUT2D eigenvalue weighted by molar-refractivity contribution is -0.154. The van der Waals surface area contributed by atoms with Crippen molar-refractivity contribution in [1.82, 2.24) is 9.47 Å². The van der Waals surface area contributed by atoms with Gasteiger partial charge in [-0.2, -0.15) is 0 Å². The number of nitrogens with zero attached hydrogens (tertiary/aromatic N) is 2. The fourth-order valence-corrected chi connectivity index (χ4v) is 5.16. The molecule has 2 heterocycles. The predicted octanol–water partition coefficient (Wildman–Crippen LogP) is 6.16. The van der Waals surface area contributed by atoms with Crippen molar-refractivity contribution in [2.75, 3.05) is 6.61 Å². The third-order valence-electron chi connectivity index (χ3n) is 6.62. The first-order chi connectivity index (χ1) is 18.9. The number of hydrogen-bond donors (Lipinski definition) is 0. The molecule has 40 heavy (non-hydrogen) atoms. The number of rotatable bonds is 6. The summed E-state index contributed by atoms with van der Waals surface area (Å²) in [6, 6.07) is 15.1. The Morgan fingerprint density at radius 2 is 1.73 bits per heavy atom. The zero-order chi connectivity index (χ0) is 29.2. The van der Waals surface area contributed by atoms with Crippen LogP contribution in [0, 0.1) is 5.92 Å². The van der Waals surface area contributed by atoms with Crippen molar-refractivity contribution in [2.45, 2.75) is 65.4 Å². The molecule has 3 aromatic rings. The molecule has 2 aromatic carbocycles. The van der Waals surface area contributed by atoms with Crippen molar-refractivity contribution in [1.29, 1.82) is 0 Å². The third-order valence-corrected chi connectivity index (χ3v) is 6.90. The number of amides is 1. The molecule has 2 unspecified atom stereocenters. The Labute approximate surface area is 238 Å². The van der Waals surface area contributed by atoms with Crippen LogP contribution >= 0.6 is 12.2 Å². The van der Waals surface area contributed by atoms with E-state index >= 15 is 0 Å². The SMILES string of the molecule is CCOC(=O)C1N(C(=O)OCc2ccccc2)C(=S)OC1(c1ccc2ccn(C(=O)OC(C)(C)C)c2c1)C(C)C. The van der Waals surface area contributed by atoms with Crippen LogP contribution < -0.4 is 0 Å². The molecule has 212 valence electrons. The quantitative estimate of drug-likeness (QED) is 0.199. The second kappa shape index (κ2) is 11.3. The Bertz CT molecular complexity index is 1430. The summed E-state index contributed by atoms with van der Waals surface area (Å²) in [5.74, 6) is -1.05. The summed E-state index contributed by atoms with van der Waals surface area (Å²) in [4.78, 5) is 40.9. The normalized spacial score (nSPS) is 19.0. The summed E-state index contributed by atoms with van der Waals surface area (Å²) >= 11 is 5.52. The van der Waals surface area contributed by atoms with Gasteiger partial charge in [-0.3, -0.25) is 4.57 Å². The van der Waals surface area contributed by atoms with E-state index in [4.69, 9.17) is 31.2 Å². The lowest BCUT2D eigenvalue weighted by Gasteiger charge is -2.36. The van der Waals surface area contributed by atoms with E-state index in [2.05, 4.69) is 0 Å². The van der Waals surface area contributed by atoms with Gasteiger partial charge in [0.05, 0.1) is 12.1 Å². The zero-order valence-electron chi connectivity index (χ0n) is 23.5. The van der Waals surface area contributed by atoms with E-state index in [0.717, 1.165) is 15.8 Å². The van der Waals surface area contributed by atoms with Crippen molar-refractivity contribution in [3.8, 4) is 0 Å². The fourth-order valence-electron chi connectivity index (χ4n) is 4.84. The number of thiocarbonyl (C=S) groups is 1. The Balaban J connectivity index is 1.79. The second-order valence-electron chi connectivity index (χ2n) is 10.8. The number of hydrogen-bond acceptors (Lipinski definition) is 8. The van der Waals surface area contributed by atoms with Gasteiger partial charge in [0.15, 0.2) is 11.6 Å². The van der Waals surface area contributed by atoms with E-state index in [1.54, 1.807) is 52.1 Å². The summed E-state index contributed by atoms with van der Waals surface area (Å²) in [5, 5.41) is 0.577. The number of aromatic nitrogens is 1. The molecule has 1 amide bonds. The van der Waals surface area contributed by atoms with Crippen LogP contribution in [-0.4, -0.2) is 51.0 Å². The molecule has 1 fully saturated rings. The Hall–Kier alpha value is -3.92. The van der Waals surface area contributed by atoms with Crippen LogP contribution in [0.4, 0.5) is 9.59 Å². The standard InChI is InChI=1S/C30H34N2O7S/c1-7-36-25(33)24-30(19(2)3,39-28(40)32(24)27(35)37-18-20-11-9-8-10-12-20)22-14-13-21-15-16-31(23(21)17-22)26(34)38-29(4,5)6/h8-17,19,24H,7,18H2,1-6H3. The highest BCUT2D eigenvalue weighted by Crippen LogP contribution is 2.46. The lowest BCUT2D eigenvalue weighted by Crippen LogP contribution is -2.54. The molecular weight excluding hydrogens is 532 g/mol. The molecule has 1 aliphatic rings. The number of benzene rings is 2. The third kappa shape index (κ3) is 5.54. The molecule has 0 aliphatic carbocycles. The van der Waals surface area contributed by atoms with E-state index in [-0.39, 0.29) is 24.3 Å². The number of ether oxygens (including phenoxy) is 4. The highest BCUT2D eigenvalue weighted by atomic mass is 32.1. The molecule has 0 N–H and O–H groups in total. The maximum absolute atomic E-state index is 13.5. The first-order valence-electron chi connectivity index (χ1n) is 13.1. The Kier molecular flexibility index (Phi) is 8.20. The van der Waals surface area contributed by atoms with Crippen LogP contribution in [0.5, 0.6) is 0 Å². The topological polar surface area (TPSA) is 96.3 Å². The number of carbonyl (C=O) groups excluding carboxylic acids is 3. The molecule has 1 aliphatic heterocycles. The summed E-state index contributed by atoms with van der Waals surface area (Å²) in [7, 11) is 0. The average Bonchev–Trinajstić information content (AvgIpc) is 3.46. The van der Waals surface area contributed by atoms with Gasteiger partial charge < -0.3 is 18.9 Å². The second-order valence-corrected chi connectivity index (χ2v) is 11.2. The zero-order valence-corrected chi connectivity index (χ0v) is 24.3. The number of fused-ring (bicyclic) bond motifs is 1. The van der Waals surface area contributed by atoms with Crippen molar-refractivity contribution in [2.24, 2.45) is 5.92 Å². The fraction of sp³-hybridized carbons (Fsp3) is 0.400. The van der Waals surface area contributed by atoms with Gasteiger partial charge in [-0.1, -0.05) is 56.3 Å². The Morgan fingerprint density at radius 1 is 1.02 bits per heavy atom. The van der Waals surface area contributed by atoms with Crippen LogP contribution in [0.15, 0.2) is 60.8 Å². The van der Waals surface area contributed by atoms with Gasteiger partial charge >= 0.3 is 18.2 Å². The highest BCUT2D eigenvalue weighted by molar-refractivity contribution is 7.80. The van der Waals surface area contributed by atoms with Crippen molar-refractivity contribution >= 4 is 46.5 Å². The smallest absolute Gasteiger partial charge is 0.418 e. The monoisotopic (exact) mass is 566 g/mol. The molecule has 0 radical (unpaired) electrons. The van der Waals surface area contributed by atoms with E-state index in [9.17, 15) is 14.4 Å². The summed E-state index contributed by atoms with van der Waals surface area (Å²) in [6.45, 7) is 10.9. The summed E-state index contributed by atoms with van der Waals surface area (Å²) in [5.41, 5.74) is -0.253. The lowest BCUT2D eigenvalue weighted by atomic mass is 9.77. The summed E-state index contributed by atoms with van der Waals surface area (Å²) < 4.78 is 24.3. The van der Waals surface area contributed by atoms with Gasteiger partial charge in [0, 0.05) is 23.1 Å². The maximum Gasteiger partial charge on any atom is 0.418 e. The molecule has 9 nitrogen and oxygen atoms in total. The van der Waals surface area contributed by atoms with Gasteiger partial charge in [-0.15, -0.1) is 0 Å². The van der Waals surface area contributed by atoms with Crippen LogP contribution in [0.3, 0.4) is 0 Å². The number of carbonyl (C=O) groups is 3. The molecule has 0 bridgehead atoms. The van der Waals surface area contributed by atoms with Crippen molar-refractivity contribution in [3.05, 3.63) is 71.9 Å². The molecule has 1 aromatic heterocycles. The molecule has 2 atom stereocenters. The van der Waals surface area contributed by atoms with Gasteiger partial charge in [-0.05, 0) is 57.6 Å². The molecule has 4 rings (SSSR count).